The molecule has 4 aromatic heterocycles. The number of hydrogen-bond donors (Lipinski definition) is 2. The number of rotatable bonds is 6. The molecular formula is C21H20N8O3. The molecule has 0 saturated carbocycles. The van der Waals surface area contributed by atoms with Crippen LogP contribution in [0.2, 0.25) is 0 Å². The van der Waals surface area contributed by atoms with Gasteiger partial charge in [-0.1, -0.05) is 6.92 Å². The van der Waals surface area contributed by atoms with Crippen LogP contribution in [-0.2, 0) is 6.54 Å². The minimum atomic E-state index is -0.471. The molecule has 0 aliphatic rings. The molecule has 32 heavy (non-hydrogen) atoms. The van der Waals surface area contributed by atoms with Crippen LogP contribution in [0.1, 0.15) is 24.0 Å². The van der Waals surface area contributed by atoms with E-state index in [9.17, 15) is 4.79 Å². The molecule has 0 aliphatic heterocycles. The standard InChI is InChI=1S/C21H20N8O3/c1-3-10-28-16(22)15-18(26-28)25-20(21(30)23-12-6-8-13(31-2)9-7-12)29-19(15)24-17(27-29)14-5-4-11-32-14/h4-9,11H,3,10,22H2,1-2H3,(H,23,30). The van der Waals surface area contributed by atoms with Crippen molar-refractivity contribution in [1.29, 1.82) is 0 Å². The number of amides is 1. The minimum absolute atomic E-state index is 0.0229. The lowest BCUT2D eigenvalue weighted by molar-refractivity contribution is 0.101. The molecule has 0 aliphatic carbocycles. The molecule has 0 bridgehead atoms. The van der Waals surface area contributed by atoms with E-state index in [2.05, 4.69) is 25.5 Å². The SMILES string of the molecule is CCCn1nc2nc(C(=O)Nc3ccc(OC)cc3)n3nc(-c4ccco4)nc3c2c1N. The van der Waals surface area contributed by atoms with Gasteiger partial charge in [0.2, 0.25) is 11.6 Å². The molecule has 0 unspecified atom stereocenters. The summed E-state index contributed by atoms with van der Waals surface area (Å²) in [5.74, 6) is 1.42. The molecular weight excluding hydrogens is 412 g/mol. The van der Waals surface area contributed by atoms with E-state index in [0.29, 0.717) is 52.1 Å². The second-order valence-corrected chi connectivity index (χ2v) is 7.07. The summed E-state index contributed by atoms with van der Waals surface area (Å²) in [5, 5.41) is 12.3. The van der Waals surface area contributed by atoms with Gasteiger partial charge in [-0.05, 0) is 42.8 Å². The van der Waals surface area contributed by atoms with Gasteiger partial charge in [0.05, 0.1) is 13.4 Å². The van der Waals surface area contributed by atoms with E-state index < -0.39 is 5.91 Å². The third-order valence-corrected chi connectivity index (χ3v) is 4.94. The van der Waals surface area contributed by atoms with Crippen LogP contribution in [0.5, 0.6) is 5.75 Å². The smallest absolute Gasteiger partial charge is 0.293 e. The average Bonchev–Trinajstić information content (AvgIpc) is 3.53. The molecule has 0 spiro atoms. The van der Waals surface area contributed by atoms with Crippen LogP contribution in [0.25, 0.3) is 28.3 Å². The fourth-order valence-corrected chi connectivity index (χ4v) is 3.42. The topological polar surface area (TPSA) is 138 Å². The number of aromatic nitrogens is 6. The highest BCUT2D eigenvalue weighted by atomic mass is 16.5. The van der Waals surface area contributed by atoms with Gasteiger partial charge in [0, 0.05) is 12.2 Å². The van der Waals surface area contributed by atoms with Crippen LogP contribution in [0.3, 0.4) is 0 Å². The van der Waals surface area contributed by atoms with Crippen molar-refractivity contribution in [3.8, 4) is 17.3 Å². The molecule has 0 saturated heterocycles. The summed E-state index contributed by atoms with van der Waals surface area (Å²) >= 11 is 0. The van der Waals surface area contributed by atoms with Crippen LogP contribution in [-0.4, -0.2) is 42.4 Å². The van der Waals surface area contributed by atoms with E-state index in [1.54, 1.807) is 48.2 Å². The Labute approximate surface area is 181 Å². The molecule has 162 valence electrons. The highest BCUT2D eigenvalue weighted by Crippen LogP contribution is 2.27. The summed E-state index contributed by atoms with van der Waals surface area (Å²) in [7, 11) is 1.58. The van der Waals surface area contributed by atoms with Crippen LogP contribution in [0, 0.1) is 0 Å². The van der Waals surface area contributed by atoms with Gasteiger partial charge in [0.1, 0.15) is 17.0 Å². The molecule has 11 heteroatoms. The average molecular weight is 432 g/mol. The Morgan fingerprint density at radius 3 is 2.69 bits per heavy atom. The fourth-order valence-electron chi connectivity index (χ4n) is 3.42. The predicted octanol–water partition coefficient (Wildman–Crippen LogP) is 2.99. The zero-order valence-electron chi connectivity index (χ0n) is 17.4. The highest BCUT2D eigenvalue weighted by molar-refractivity contribution is 6.06. The first-order valence-corrected chi connectivity index (χ1v) is 10.0. The highest BCUT2D eigenvalue weighted by Gasteiger charge is 2.24. The summed E-state index contributed by atoms with van der Waals surface area (Å²) < 4.78 is 13.6. The number of carbonyl (C=O) groups is 1. The number of aryl methyl sites for hydroxylation is 1. The maximum absolute atomic E-state index is 13.2. The Balaban J connectivity index is 1.66. The summed E-state index contributed by atoms with van der Waals surface area (Å²) in [6.07, 6.45) is 2.36. The van der Waals surface area contributed by atoms with Crippen molar-refractivity contribution in [2.45, 2.75) is 19.9 Å². The van der Waals surface area contributed by atoms with Crippen LogP contribution >= 0.6 is 0 Å². The van der Waals surface area contributed by atoms with Gasteiger partial charge >= 0.3 is 0 Å². The van der Waals surface area contributed by atoms with E-state index in [4.69, 9.17) is 14.9 Å². The Morgan fingerprint density at radius 2 is 2.00 bits per heavy atom. The van der Waals surface area contributed by atoms with Gasteiger partial charge in [-0.25, -0.2) is 14.6 Å². The number of nitrogen functional groups attached to an aromatic ring is 1. The number of benzene rings is 1. The number of hydrogen-bond acceptors (Lipinski definition) is 8. The van der Waals surface area contributed by atoms with Crippen molar-refractivity contribution in [3.05, 3.63) is 48.5 Å². The van der Waals surface area contributed by atoms with E-state index in [-0.39, 0.29) is 5.82 Å². The lowest BCUT2D eigenvalue weighted by atomic mass is 10.3. The second-order valence-electron chi connectivity index (χ2n) is 7.07. The first-order chi connectivity index (χ1) is 15.6. The molecule has 0 fully saturated rings. The maximum Gasteiger partial charge on any atom is 0.293 e. The normalized spacial score (nSPS) is 11.3. The largest absolute Gasteiger partial charge is 0.497 e. The number of nitrogens with zero attached hydrogens (tertiary/aromatic N) is 6. The molecule has 1 aromatic carbocycles. The van der Waals surface area contributed by atoms with E-state index in [0.717, 1.165) is 6.42 Å². The van der Waals surface area contributed by atoms with Crippen molar-refractivity contribution < 1.29 is 13.9 Å². The molecule has 1 amide bonds. The number of nitrogens with one attached hydrogen (secondary N) is 1. The third kappa shape index (κ3) is 3.20. The zero-order valence-corrected chi connectivity index (χ0v) is 17.4. The van der Waals surface area contributed by atoms with Gasteiger partial charge in [-0.15, -0.1) is 5.10 Å². The number of nitrogens with two attached hydrogens (primary N) is 1. The van der Waals surface area contributed by atoms with Gasteiger partial charge in [-0.3, -0.25) is 4.79 Å². The van der Waals surface area contributed by atoms with Gasteiger partial charge in [0.25, 0.3) is 5.91 Å². The molecule has 4 heterocycles. The number of furan rings is 1. The van der Waals surface area contributed by atoms with Crippen molar-refractivity contribution in [3.63, 3.8) is 0 Å². The first kappa shape index (κ1) is 19.5. The quantitative estimate of drug-likeness (QED) is 0.417. The Hall–Kier alpha value is -4.41. The number of methoxy groups -OCH3 is 1. The van der Waals surface area contributed by atoms with Gasteiger partial charge in [-0.2, -0.15) is 9.61 Å². The molecule has 3 N–H and O–H groups in total. The first-order valence-electron chi connectivity index (χ1n) is 10.0. The van der Waals surface area contributed by atoms with E-state index in [1.807, 2.05) is 6.92 Å². The van der Waals surface area contributed by atoms with E-state index >= 15 is 0 Å². The fraction of sp³-hybridized carbons (Fsp3) is 0.190. The predicted molar refractivity (Wildman–Crippen MR) is 117 cm³/mol. The molecule has 5 rings (SSSR count). The van der Waals surface area contributed by atoms with E-state index in [1.165, 1.54) is 10.8 Å². The Kier molecular flexibility index (Phi) is 4.70. The second kappa shape index (κ2) is 7.69. The monoisotopic (exact) mass is 432 g/mol. The van der Waals surface area contributed by atoms with Crippen molar-refractivity contribution in [2.75, 3.05) is 18.2 Å². The Morgan fingerprint density at radius 1 is 1.19 bits per heavy atom. The van der Waals surface area contributed by atoms with Gasteiger partial charge < -0.3 is 20.2 Å². The molecule has 5 aromatic rings. The summed E-state index contributed by atoms with van der Waals surface area (Å²) in [4.78, 5) is 22.2. The van der Waals surface area contributed by atoms with Crippen molar-refractivity contribution >= 4 is 34.1 Å². The number of anilines is 2. The third-order valence-electron chi connectivity index (χ3n) is 4.94. The Bertz CT molecular complexity index is 1420. The minimum Gasteiger partial charge on any atom is -0.497 e. The van der Waals surface area contributed by atoms with Gasteiger partial charge in [0.15, 0.2) is 17.1 Å². The maximum atomic E-state index is 13.2. The number of fused-ring (bicyclic) bond motifs is 3. The lowest BCUT2D eigenvalue weighted by Gasteiger charge is -2.07. The lowest BCUT2D eigenvalue weighted by Crippen LogP contribution is -2.19. The summed E-state index contributed by atoms with van der Waals surface area (Å²) in [5.41, 5.74) is 7.61. The molecule has 0 atom stereocenters. The van der Waals surface area contributed by atoms with Crippen LogP contribution in [0.15, 0.2) is 47.1 Å². The summed E-state index contributed by atoms with van der Waals surface area (Å²) in [6, 6.07) is 10.4. The molecule has 11 nitrogen and oxygen atoms in total. The number of ether oxygens (including phenoxy) is 1. The van der Waals surface area contributed by atoms with Crippen LogP contribution in [0.4, 0.5) is 11.5 Å². The van der Waals surface area contributed by atoms with Crippen LogP contribution < -0.4 is 15.8 Å². The molecule has 0 radical (unpaired) electrons. The summed E-state index contributed by atoms with van der Waals surface area (Å²) in [6.45, 7) is 2.63. The van der Waals surface area contributed by atoms with Crippen molar-refractivity contribution in [1.82, 2.24) is 29.4 Å². The zero-order chi connectivity index (χ0) is 22.2. The number of carbonyl (C=O) groups excluding carboxylic acids is 1. The van der Waals surface area contributed by atoms with Crippen molar-refractivity contribution in [2.24, 2.45) is 0 Å².